The van der Waals surface area contributed by atoms with Gasteiger partial charge in [-0.05, 0) is 29.8 Å². The van der Waals surface area contributed by atoms with Gasteiger partial charge in [-0.15, -0.1) is 0 Å². The summed E-state index contributed by atoms with van der Waals surface area (Å²) in [4.78, 5) is 0.942. The molecular weight excluding hydrogens is 386 g/mol. The van der Waals surface area contributed by atoms with Crippen molar-refractivity contribution in [3.63, 3.8) is 0 Å². The smallest absolute Gasteiger partial charge is 0.203 e. The van der Waals surface area contributed by atoms with E-state index in [1.807, 2.05) is 36.4 Å². The molecule has 0 aliphatic heterocycles. The summed E-state index contributed by atoms with van der Waals surface area (Å²) in [6.07, 6.45) is 0. The van der Waals surface area contributed by atoms with Crippen LogP contribution >= 0.6 is 20.7 Å². The van der Waals surface area contributed by atoms with E-state index in [1.54, 1.807) is 28.4 Å². The molecule has 142 valence electrons. The van der Waals surface area contributed by atoms with Crippen molar-refractivity contribution in [2.75, 3.05) is 28.4 Å². The van der Waals surface area contributed by atoms with Crippen LogP contribution in [0.3, 0.4) is 0 Å². The molecule has 0 aliphatic rings. The molecule has 0 saturated carbocycles. The standard InChI is InChI=1S/C19H19NO5S2/c1-22-13-7-5-11(6-8-13)16-18(26-27-19(16)20-21)12-9-14(23-2)17(25-4)15(10-12)24-3/h5-10,21H,1-4H3/b20-19+. The maximum absolute atomic E-state index is 9.47. The lowest BCUT2D eigenvalue weighted by molar-refractivity contribution is 0.304. The highest BCUT2D eigenvalue weighted by molar-refractivity contribution is 7.70. The maximum Gasteiger partial charge on any atom is 0.203 e. The Morgan fingerprint density at radius 1 is 0.778 bits per heavy atom. The first-order valence-electron chi connectivity index (χ1n) is 7.92. The summed E-state index contributed by atoms with van der Waals surface area (Å²) in [5.41, 5.74) is 2.64. The highest BCUT2D eigenvalue weighted by Gasteiger charge is 2.19. The van der Waals surface area contributed by atoms with Crippen molar-refractivity contribution in [3.8, 4) is 44.6 Å². The third kappa shape index (κ3) is 3.58. The van der Waals surface area contributed by atoms with Crippen molar-refractivity contribution >= 4 is 20.7 Å². The molecule has 3 aromatic rings. The first-order chi connectivity index (χ1) is 13.2. The molecule has 3 rings (SSSR count). The fourth-order valence-electron chi connectivity index (χ4n) is 2.75. The molecule has 1 aromatic heterocycles. The third-order valence-corrected chi connectivity index (χ3v) is 6.40. The second-order valence-electron chi connectivity index (χ2n) is 5.42. The Labute approximate surface area is 164 Å². The molecule has 8 heteroatoms. The summed E-state index contributed by atoms with van der Waals surface area (Å²) < 4.78 is 22.1. The summed E-state index contributed by atoms with van der Waals surface area (Å²) in [7, 11) is 9.26. The van der Waals surface area contributed by atoms with E-state index in [9.17, 15) is 5.21 Å². The molecule has 1 heterocycles. The highest BCUT2D eigenvalue weighted by Crippen LogP contribution is 2.44. The molecule has 0 bridgehead atoms. The van der Waals surface area contributed by atoms with E-state index < -0.39 is 0 Å². The average Bonchev–Trinajstić information content (AvgIpc) is 3.16. The van der Waals surface area contributed by atoms with Crippen LogP contribution in [0.5, 0.6) is 23.0 Å². The lowest BCUT2D eigenvalue weighted by Gasteiger charge is -2.14. The number of ether oxygens (including phenoxy) is 4. The topological polar surface area (TPSA) is 69.5 Å². The van der Waals surface area contributed by atoms with Crippen molar-refractivity contribution in [3.05, 3.63) is 41.1 Å². The Bertz CT molecular complexity index is 967. The van der Waals surface area contributed by atoms with Gasteiger partial charge >= 0.3 is 0 Å². The van der Waals surface area contributed by atoms with E-state index in [1.165, 1.54) is 20.7 Å². The van der Waals surface area contributed by atoms with Crippen molar-refractivity contribution in [2.24, 2.45) is 5.16 Å². The van der Waals surface area contributed by atoms with Crippen LogP contribution < -0.4 is 23.6 Å². The molecule has 27 heavy (non-hydrogen) atoms. The lowest BCUT2D eigenvalue weighted by Crippen LogP contribution is -1.99. The Morgan fingerprint density at radius 3 is 1.89 bits per heavy atom. The summed E-state index contributed by atoms with van der Waals surface area (Å²) in [5.74, 6) is 2.42. The number of hydrogen-bond donors (Lipinski definition) is 1. The van der Waals surface area contributed by atoms with E-state index in [-0.39, 0.29) is 0 Å². The molecule has 0 unspecified atom stereocenters. The van der Waals surface area contributed by atoms with Crippen LogP contribution in [-0.4, -0.2) is 33.6 Å². The molecule has 0 saturated heterocycles. The van der Waals surface area contributed by atoms with Crippen LogP contribution in [0.2, 0.25) is 0 Å². The van der Waals surface area contributed by atoms with Crippen LogP contribution in [0.1, 0.15) is 0 Å². The number of methoxy groups -OCH3 is 4. The molecule has 6 nitrogen and oxygen atoms in total. The van der Waals surface area contributed by atoms with Gasteiger partial charge in [0.25, 0.3) is 0 Å². The Morgan fingerprint density at radius 2 is 1.41 bits per heavy atom. The van der Waals surface area contributed by atoms with Crippen LogP contribution in [0.15, 0.2) is 41.6 Å². The number of benzene rings is 2. The molecule has 1 N–H and O–H groups in total. The fraction of sp³-hybridized carbons (Fsp3) is 0.211. The summed E-state index contributed by atoms with van der Waals surface area (Å²) in [6.45, 7) is 0. The van der Waals surface area contributed by atoms with Crippen LogP contribution in [0, 0.1) is 0 Å². The first-order valence-corrected chi connectivity index (χ1v) is 10.1. The zero-order valence-corrected chi connectivity index (χ0v) is 16.9. The van der Waals surface area contributed by atoms with Crippen LogP contribution in [-0.2, 0) is 0 Å². The van der Waals surface area contributed by atoms with Crippen LogP contribution in [0.4, 0.5) is 0 Å². The zero-order chi connectivity index (χ0) is 19.4. The second kappa shape index (κ2) is 8.32. The van der Waals surface area contributed by atoms with Crippen molar-refractivity contribution in [2.45, 2.75) is 0 Å². The SMILES string of the molecule is COc1ccc(-c2c(-c3cc(OC)c(OC)c(OC)c3)ss/c2=N/O)cc1. The fourth-order valence-corrected chi connectivity index (χ4v) is 5.20. The summed E-state index contributed by atoms with van der Waals surface area (Å²) >= 11 is 0. The maximum atomic E-state index is 9.47. The van der Waals surface area contributed by atoms with Crippen molar-refractivity contribution < 1.29 is 24.2 Å². The van der Waals surface area contributed by atoms with Gasteiger partial charge in [0.15, 0.2) is 16.2 Å². The van der Waals surface area contributed by atoms with Gasteiger partial charge in [-0.3, -0.25) is 0 Å². The average molecular weight is 405 g/mol. The molecule has 0 spiro atoms. The van der Waals surface area contributed by atoms with Crippen LogP contribution in [0.25, 0.3) is 21.6 Å². The number of rotatable bonds is 6. The quantitative estimate of drug-likeness (QED) is 0.372. The van der Waals surface area contributed by atoms with E-state index in [0.29, 0.717) is 21.9 Å². The number of nitrogens with zero attached hydrogens (tertiary/aromatic N) is 1. The Hall–Kier alpha value is -2.71. The minimum Gasteiger partial charge on any atom is -0.497 e. The third-order valence-electron chi connectivity index (χ3n) is 4.04. The molecule has 0 fully saturated rings. The van der Waals surface area contributed by atoms with E-state index in [0.717, 1.165) is 27.3 Å². The minimum absolute atomic E-state index is 0.530. The highest BCUT2D eigenvalue weighted by atomic mass is 32.9. The van der Waals surface area contributed by atoms with Gasteiger partial charge in [-0.25, -0.2) is 0 Å². The lowest BCUT2D eigenvalue weighted by atomic mass is 10.0. The van der Waals surface area contributed by atoms with Gasteiger partial charge in [-0.2, -0.15) is 0 Å². The van der Waals surface area contributed by atoms with Gasteiger partial charge in [0.05, 0.1) is 33.3 Å². The van der Waals surface area contributed by atoms with Gasteiger partial charge < -0.3 is 24.2 Å². The van der Waals surface area contributed by atoms with Gasteiger partial charge in [0, 0.05) is 11.1 Å². The predicted molar refractivity (Wildman–Crippen MR) is 107 cm³/mol. The molecule has 0 aliphatic carbocycles. The van der Waals surface area contributed by atoms with E-state index >= 15 is 0 Å². The minimum atomic E-state index is 0.530. The monoisotopic (exact) mass is 405 g/mol. The normalized spacial score (nSPS) is 11.3. The second-order valence-corrected chi connectivity index (χ2v) is 7.55. The van der Waals surface area contributed by atoms with Gasteiger partial charge in [0.2, 0.25) is 5.75 Å². The summed E-state index contributed by atoms with van der Waals surface area (Å²) in [6, 6.07) is 11.4. The molecule has 0 amide bonds. The molecule has 0 atom stereocenters. The Balaban J connectivity index is 2.22. The Kier molecular flexibility index (Phi) is 5.88. The predicted octanol–water partition coefficient (Wildman–Crippen LogP) is 4.47. The van der Waals surface area contributed by atoms with Crippen molar-refractivity contribution in [1.82, 2.24) is 0 Å². The van der Waals surface area contributed by atoms with E-state index in [4.69, 9.17) is 18.9 Å². The van der Waals surface area contributed by atoms with Crippen molar-refractivity contribution in [1.29, 1.82) is 0 Å². The van der Waals surface area contributed by atoms with Gasteiger partial charge in [0.1, 0.15) is 5.75 Å². The first kappa shape index (κ1) is 19.1. The summed E-state index contributed by atoms with van der Waals surface area (Å²) in [5, 5.41) is 12.9. The molecule has 0 radical (unpaired) electrons. The number of hydrogen-bond acceptors (Lipinski definition) is 8. The van der Waals surface area contributed by atoms with E-state index in [2.05, 4.69) is 5.16 Å². The largest absolute Gasteiger partial charge is 0.497 e. The zero-order valence-electron chi connectivity index (χ0n) is 15.3. The molecular formula is C19H19NO5S2. The van der Waals surface area contributed by atoms with Gasteiger partial charge in [-0.1, -0.05) is 38.0 Å². The molecule has 2 aromatic carbocycles.